The van der Waals surface area contributed by atoms with Gasteiger partial charge in [0.2, 0.25) is 0 Å². The Morgan fingerprint density at radius 2 is 2.00 bits per heavy atom. The van der Waals surface area contributed by atoms with Crippen molar-refractivity contribution in [1.29, 1.82) is 0 Å². The van der Waals surface area contributed by atoms with E-state index < -0.39 is 17.9 Å². The van der Waals surface area contributed by atoms with Gasteiger partial charge in [-0.2, -0.15) is 13.2 Å². The van der Waals surface area contributed by atoms with Gasteiger partial charge in [0.1, 0.15) is 22.8 Å². The molecule has 3 heterocycles. The summed E-state index contributed by atoms with van der Waals surface area (Å²) >= 11 is 5.90. The smallest absolute Gasteiger partial charge is 0.351 e. The van der Waals surface area contributed by atoms with Crippen LogP contribution in [0.4, 0.5) is 18.0 Å². The maximum Gasteiger partial charge on any atom is 0.431 e. The van der Waals surface area contributed by atoms with Crippen LogP contribution < -0.4 is 5.73 Å². The third-order valence-electron chi connectivity index (χ3n) is 4.30. The fraction of sp³-hybridized carbons (Fsp3) is 0.500. The van der Waals surface area contributed by atoms with Crippen LogP contribution in [0.3, 0.4) is 0 Å². The molecule has 0 spiro atoms. The van der Waals surface area contributed by atoms with Crippen LogP contribution in [-0.2, 0) is 12.7 Å². The number of amides is 2. The van der Waals surface area contributed by atoms with Gasteiger partial charge in [0.25, 0.3) is 0 Å². The van der Waals surface area contributed by atoms with Crippen molar-refractivity contribution in [3.05, 3.63) is 23.2 Å². The van der Waals surface area contributed by atoms with E-state index in [0.717, 1.165) is 17.0 Å². The predicted octanol–water partition coefficient (Wildman–Crippen LogP) is 2.89. The number of carbonyl (C=O) groups is 1. The summed E-state index contributed by atoms with van der Waals surface area (Å²) in [7, 11) is 0. The van der Waals surface area contributed by atoms with Crippen LogP contribution in [0.2, 0.25) is 5.15 Å². The molecule has 0 aromatic carbocycles. The van der Waals surface area contributed by atoms with Gasteiger partial charge in [-0.25, -0.2) is 14.8 Å². The van der Waals surface area contributed by atoms with Crippen molar-refractivity contribution in [1.82, 2.24) is 19.4 Å². The molecule has 0 bridgehead atoms. The molecule has 0 atom stereocenters. The number of hydrogen-bond acceptors (Lipinski definition) is 3. The second-order valence-electron chi connectivity index (χ2n) is 5.81. The minimum Gasteiger partial charge on any atom is -0.351 e. The summed E-state index contributed by atoms with van der Waals surface area (Å²) in [6, 6.07) is 0.478. The van der Waals surface area contributed by atoms with Crippen molar-refractivity contribution >= 4 is 28.7 Å². The molecule has 0 aliphatic carbocycles. The first kappa shape index (κ1) is 16.8. The third kappa shape index (κ3) is 3.12. The predicted molar refractivity (Wildman–Crippen MR) is 81.4 cm³/mol. The first-order valence-corrected chi connectivity index (χ1v) is 7.76. The highest BCUT2D eigenvalue weighted by molar-refractivity contribution is 6.33. The number of halogens is 4. The highest BCUT2D eigenvalue weighted by Gasteiger charge is 2.37. The SMILES string of the molecule is NC(=O)N1CCC(Cn2c(C(F)(F)F)cc3c(Cl)ncnc32)CC1. The van der Waals surface area contributed by atoms with Gasteiger partial charge < -0.3 is 15.2 Å². The van der Waals surface area contributed by atoms with Crippen molar-refractivity contribution in [2.24, 2.45) is 11.7 Å². The van der Waals surface area contributed by atoms with E-state index >= 15 is 0 Å². The Balaban J connectivity index is 1.91. The maximum atomic E-state index is 13.4. The number of primary amides is 1. The molecule has 0 saturated carbocycles. The zero-order chi connectivity index (χ0) is 17.5. The normalized spacial score (nSPS) is 16.8. The van der Waals surface area contributed by atoms with Crippen LogP contribution in [-0.4, -0.2) is 38.6 Å². The summed E-state index contributed by atoms with van der Waals surface area (Å²) in [6.07, 6.45) is -2.20. The van der Waals surface area contributed by atoms with Gasteiger partial charge in [0, 0.05) is 19.6 Å². The summed E-state index contributed by atoms with van der Waals surface area (Å²) in [5.74, 6) is -0.00830. The quantitative estimate of drug-likeness (QED) is 0.835. The molecule has 1 saturated heterocycles. The molecule has 130 valence electrons. The van der Waals surface area contributed by atoms with E-state index in [1.807, 2.05) is 0 Å². The van der Waals surface area contributed by atoms with E-state index in [1.165, 1.54) is 4.90 Å². The first-order valence-electron chi connectivity index (χ1n) is 7.38. The Bertz CT molecular complexity index is 768. The van der Waals surface area contributed by atoms with Crippen LogP contribution in [0.1, 0.15) is 18.5 Å². The fourth-order valence-corrected chi connectivity index (χ4v) is 3.23. The Hall–Kier alpha value is -2.03. The molecule has 2 aromatic heterocycles. The maximum absolute atomic E-state index is 13.4. The Kier molecular flexibility index (Phi) is 4.29. The Morgan fingerprint density at radius 3 is 2.58 bits per heavy atom. The monoisotopic (exact) mass is 361 g/mol. The minimum absolute atomic E-state index is 0.00667. The first-order chi connectivity index (χ1) is 11.3. The van der Waals surface area contributed by atoms with E-state index in [4.69, 9.17) is 17.3 Å². The number of urea groups is 1. The number of nitrogens with two attached hydrogens (primary N) is 1. The zero-order valence-electron chi connectivity index (χ0n) is 12.6. The summed E-state index contributed by atoms with van der Waals surface area (Å²) in [5.41, 5.74) is 4.59. The Labute approximate surface area is 140 Å². The number of likely N-dealkylation sites (tertiary alicyclic amines) is 1. The van der Waals surface area contributed by atoms with Crippen molar-refractivity contribution < 1.29 is 18.0 Å². The van der Waals surface area contributed by atoms with Crippen LogP contribution in [0.5, 0.6) is 0 Å². The molecule has 2 N–H and O–H groups in total. The van der Waals surface area contributed by atoms with Crippen LogP contribution in [0, 0.1) is 5.92 Å². The lowest BCUT2D eigenvalue weighted by Crippen LogP contribution is -2.42. The number of nitrogens with zero attached hydrogens (tertiary/aromatic N) is 4. The average Bonchev–Trinajstić information content (AvgIpc) is 2.88. The summed E-state index contributed by atoms with van der Waals surface area (Å²) in [6.45, 7) is 1.03. The molecule has 1 fully saturated rings. The summed E-state index contributed by atoms with van der Waals surface area (Å²) < 4.78 is 41.2. The number of carbonyl (C=O) groups excluding carboxylic acids is 1. The van der Waals surface area contributed by atoms with Gasteiger partial charge in [-0.15, -0.1) is 0 Å². The standard InChI is InChI=1S/C14H15ClF3N5O/c15-11-9-5-10(14(16,17)18)23(12(9)21-7-20-11)6-8-1-3-22(4-2-8)13(19)24/h5,7-8H,1-4,6H2,(H2,19,24). The van der Waals surface area contributed by atoms with Gasteiger partial charge in [-0.3, -0.25) is 0 Å². The highest BCUT2D eigenvalue weighted by Crippen LogP contribution is 2.36. The molecular formula is C14H15ClF3N5O. The number of piperidine rings is 1. The van der Waals surface area contributed by atoms with Crippen molar-refractivity contribution in [2.45, 2.75) is 25.6 Å². The van der Waals surface area contributed by atoms with Gasteiger partial charge in [0.05, 0.1) is 5.39 Å². The largest absolute Gasteiger partial charge is 0.431 e. The number of hydrogen-bond donors (Lipinski definition) is 1. The molecule has 10 heteroatoms. The second kappa shape index (κ2) is 6.12. The molecule has 2 aromatic rings. The van der Waals surface area contributed by atoms with Crippen molar-refractivity contribution in [3.8, 4) is 0 Å². The van der Waals surface area contributed by atoms with E-state index in [-0.39, 0.29) is 28.6 Å². The lowest BCUT2D eigenvalue weighted by Gasteiger charge is -2.31. The molecule has 0 unspecified atom stereocenters. The Morgan fingerprint density at radius 1 is 1.33 bits per heavy atom. The topological polar surface area (TPSA) is 77.0 Å². The lowest BCUT2D eigenvalue weighted by molar-refractivity contribution is -0.143. The van der Waals surface area contributed by atoms with Gasteiger partial charge in [-0.1, -0.05) is 11.6 Å². The van der Waals surface area contributed by atoms with E-state index in [9.17, 15) is 18.0 Å². The number of fused-ring (bicyclic) bond motifs is 1. The highest BCUT2D eigenvalue weighted by atomic mass is 35.5. The third-order valence-corrected chi connectivity index (χ3v) is 4.60. The molecule has 3 rings (SSSR count). The van der Waals surface area contributed by atoms with Crippen LogP contribution in [0.25, 0.3) is 11.0 Å². The van der Waals surface area contributed by atoms with E-state index in [0.29, 0.717) is 25.9 Å². The number of rotatable bonds is 2. The van der Waals surface area contributed by atoms with Crippen molar-refractivity contribution in [3.63, 3.8) is 0 Å². The zero-order valence-corrected chi connectivity index (χ0v) is 13.3. The summed E-state index contributed by atoms with van der Waals surface area (Å²) in [4.78, 5) is 20.3. The molecule has 1 aliphatic heterocycles. The van der Waals surface area contributed by atoms with Gasteiger partial charge >= 0.3 is 12.2 Å². The summed E-state index contributed by atoms with van der Waals surface area (Å²) in [5, 5.41) is 0.175. The molecule has 24 heavy (non-hydrogen) atoms. The fourth-order valence-electron chi connectivity index (χ4n) is 3.05. The minimum atomic E-state index is -4.52. The lowest BCUT2D eigenvalue weighted by atomic mass is 9.97. The second-order valence-corrected chi connectivity index (χ2v) is 6.17. The molecule has 0 radical (unpaired) electrons. The molecular weight excluding hydrogens is 347 g/mol. The molecule has 2 amide bonds. The number of alkyl halides is 3. The van der Waals surface area contributed by atoms with Crippen molar-refractivity contribution in [2.75, 3.05) is 13.1 Å². The average molecular weight is 362 g/mol. The molecule has 1 aliphatic rings. The molecule has 6 nitrogen and oxygen atoms in total. The van der Waals surface area contributed by atoms with Gasteiger partial charge in [-0.05, 0) is 24.8 Å². The van der Waals surface area contributed by atoms with E-state index in [1.54, 1.807) is 0 Å². The van der Waals surface area contributed by atoms with E-state index in [2.05, 4.69) is 9.97 Å². The number of aromatic nitrogens is 3. The van der Waals surface area contributed by atoms with Crippen LogP contribution in [0.15, 0.2) is 12.4 Å². The van der Waals surface area contributed by atoms with Gasteiger partial charge in [0.15, 0.2) is 0 Å². The van der Waals surface area contributed by atoms with Crippen LogP contribution >= 0.6 is 11.6 Å².